The van der Waals surface area contributed by atoms with Gasteiger partial charge in [-0.25, -0.2) is 27.9 Å². The first kappa shape index (κ1) is 18.0. The van der Waals surface area contributed by atoms with Crippen molar-refractivity contribution in [3.8, 4) is 11.6 Å². The predicted molar refractivity (Wildman–Crippen MR) is 91.6 cm³/mol. The molecule has 2 amide bonds. The molecule has 28 heavy (non-hydrogen) atoms. The minimum atomic E-state index is -1.59. The number of anilines is 1. The lowest BCUT2D eigenvalue weighted by Gasteiger charge is -2.32. The third-order valence-corrected chi connectivity index (χ3v) is 4.48. The van der Waals surface area contributed by atoms with Gasteiger partial charge < -0.3 is 14.7 Å². The lowest BCUT2D eigenvalue weighted by Crippen LogP contribution is -2.44. The smallest absolute Gasteiger partial charge is 0.322 e. The molecule has 3 aromatic rings. The molecule has 0 fully saturated rings. The van der Waals surface area contributed by atoms with Crippen LogP contribution in [0.2, 0.25) is 0 Å². The summed E-state index contributed by atoms with van der Waals surface area (Å²) in [5.74, 6) is -3.65. The summed E-state index contributed by atoms with van der Waals surface area (Å²) in [5, 5.41) is 6.43. The molecular weight excluding hydrogens is 375 g/mol. The zero-order valence-corrected chi connectivity index (χ0v) is 14.6. The van der Waals surface area contributed by atoms with Crippen molar-refractivity contribution in [1.82, 2.24) is 20.0 Å². The van der Waals surface area contributed by atoms with Gasteiger partial charge in [-0.3, -0.25) is 0 Å². The molecule has 144 valence electrons. The van der Waals surface area contributed by atoms with Crippen LogP contribution in [0.3, 0.4) is 0 Å². The van der Waals surface area contributed by atoms with Gasteiger partial charge in [0, 0.05) is 48.2 Å². The Morgan fingerprint density at radius 1 is 1.21 bits per heavy atom. The highest BCUT2D eigenvalue weighted by atomic mass is 19.2. The van der Waals surface area contributed by atoms with E-state index in [0.29, 0.717) is 29.3 Å². The van der Waals surface area contributed by atoms with E-state index in [1.54, 1.807) is 18.5 Å². The average molecular weight is 389 g/mol. The molecule has 0 unspecified atom stereocenters. The molecule has 0 spiro atoms. The summed E-state index contributed by atoms with van der Waals surface area (Å²) in [6.07, 6.45) is 3.54. The molecule has 0 saturated carbocycles. The van der Waals surface area contributed by atoms with Gasteiger partial charge in [0.15, 0.2) is 23.3 Å². The van der Waals surface area contributed by atoms with Gasteiger partial charge in [0.2, 0.25) is 5.76 Å². The Morgan fingerprint density at radius 2 is 1.89 bits per heavy atom. The molecule has 0 bridgehead atoms. The van der Waals surface area contributed by atoms with E-state index >= 15 is 0 Å². The Hall–Kier alpha value is -3.43. The lowest BCUT2D eigenvalue weighted by atomic mass is 10.00. The zero-order chi connectivity index (χ0) is 19.8. The summed E-state index contributed by atoms with van der Waals surface area (Å²) in [7, 11) is 0. The molecule has 4 rings (SSSR count). The maximum Gasteiger partial charge on any atom is 0.322 e. The molecule has 10 heteroatoms. The van der Waals surface area contributed by atoms with E-state index in [4.69, 9.17) is 4.52 Å². The number of amides is 2. The first-order chi connectivity index (χ1) is 13.4. The average Bonchev–Trinajstić information content (AvgIpc) is 3.08. The molecule has 1 aliphatic heterocycles. The quantitative estimate of drug-likeness (QED) is 0.678. The van der Waals surface area contributed by atoms with Gasteiger partial charge in [-0.15, -0.1) is 0 Å². The van der Waals surface area contributed by atoms with Crippen molar-refractivity contribution in [2.45, 2.75) is 25.9 Å². The van der Waals surface area contributed by atoms with Crippen LogP contribution < -0.4 is 5.32 Å². The number of carbonyl (C=O) groups is 1. The van der Waals surface area contributed by atoms with Gasteiger partial charge in [0.05, 0.1) is 12.2 Å². The molecule has 3 heterocycles. The maximum atomic E-state index is 13.4. The van der Waals surface area contributed by atoms with E-state index in [-0.39, 0.29) is 18.3 Å². The van der Waals surface area contributed by atoms with Crippen molar-refractivity contribution < 1.29 is 22.5 Å². The Labute approximate surface area is 157 Å². The fourth-order valence-electron chi connectivity index (χ4n) is 3.07. The van der Waals surface area contributed by atoms with Crippen molar-refractivity contribution in [2.75, 3.05) is 5.32 Å². The van der Waals surface area contributed by atoms with Crippen LogP contribution >= 0.6 is 0 Å². The molecule has 1 aliphatic rings. The van der Waals surface area contributed by atoms with Gasteiger partial charge in [-0.2, -0.15) is 0 Å². The highest BCUT2D eigenvalue weighted by molar-refractivity contribution is 5.89. The zero-order valence-electron chi connectivity index (χ0n) is 14.6. The second-order valence-electron chi connectivity index (χ2n) is 6.37. The Kier molecular flexibility index (Phi) is 4.46. The number of hydrogen-bond donors (Lipinski definition) is 1. The molecule has 1 aromatic carbocycles. The third-order valence-electron chi connectivity index (χ3n) is 4.48. The molecule has 1 N–H and O–H groups in total. The molecule has 0 aliphatic carbocycles. The molecular formula is C18H14F3N5O2. The van der Waals surface area contributed by atoms with E-state index in [1.807, 2.05) is 6.92 Å². The summed E-state index contributed by atoms with van der Waals surface area (Å²) < 4.78 is 45.2. The Bertz CT molecular complexity index is 1020. The standard InChI is InChI=1S/C18H14F3N5O2/c1-9-5-14-11(16(28-25-14)17-22-3-2-4-23-17)8-26(9)18(27)24-10-6-12(19)15(21)13(20)7-10/h2-4,6-7,9H,5,8H2,1H3,(H,24,27)/t9-/m0/s1. The highest BCUT2D eigenvalue weighted by Gasteiger charge is 2.33. The summed E-state index contributed by atoms with van der Waals surface area (Å²) in [4.78, 5) is 22.4. The van der Waals surface area contributed by atoms with Gasteiger partial charge in [0.25, 0.3) is 0 Å². The number of nitrogens with zero attached hydrogens (tertiary/aromatic N) is 4. The van der Waals surface area contributed by atoms with Crippen LogP contribution in [0.4, 0.5) is 23.7 Å². The van der Waals surface area contributed by atoms with Crippen LogP contribution in [0.15, 0.2) is 35.1 Å². The van der Waals surface area contributed by atoms with Crippen LogP contribution in [0, 0.1) is 17.5 Å². The topological polar surface area (TPSA) is 84.2 Å². The first-order valence-electron chi connectivity index (χ1n) is 8.41. The van der Waals surface area contributed by atoms with Crippen LogP contribution in [-0.2, 0) is 13.0 Å². The van der Waals surface area contributed by atoms with Crippen LogP contribution in [0.1, 0.15) is 18.2 Å². The van der Waals surface area contributed by atoms with E-state index in [2.05, 4.69) is 20.4 Å². The second-order valence-corrected chi connectivity index (χ2v) is 6.37. The van der Waals surface area contributed by atoms with Crippen LogP contribution in [0.25, 0.3) is 11.6 Å². The number of hydrogen-bond acceptors (Lipinski definition) is 5. The van der Waals surface area contributed by atoms with Crippen LogP contribution in [0.5, 0.6) is 0 Å². The summed E-state index contributed by atoms with van der Waals surface area (Å²) in [5.41, 5.74) is 1.17. The minimum absolute atomic E-state index is 0.144. The summed E-state index contributed by atoms with van der Waals surface area (Å²) in [6, 6.07) is 2.26. The van der Waals surface area contributed by atoms with Gasteiger partial charge in [-0.1, -0.05) is 5.16 Å². The maximum absolute atomic E-state index is 13.4. The monoisotopic (exact) mass is 389 g/mol. The van der Waals surface area contributed by atoms with Crippen molar-refractivity contribution in [3.63, 3.8) is 0 Å². The van der Waals surface area contributed by atoms with E-state index in [1.165, 1.54) is 4.90 Å². The fraction of sp³-hybridized carbons (Fsp3) is 0.222. The number of benzene rings is 1. The SMILES string of the molecule is C[C@H]1Cc2noc(-c3ncccn3)c2CN1C(=O)Nc1cc(F)c(F)c(F)c1. The van der Waals surface area contributed by atoms with Gasteiger partial charge >= 0.3 is 6.03 Å². The van der Waals surface area contributed by atoms with E-state index < -0.39 is 23.5 Å². The lowest BCUT2D eigenvalue weighted by molar-refractivity contribution is 0.182. The van der Waals surface area contributed by atoms with Crippen molar-refractivity contribution in [1.29, 1.82) is 0 Å². The largest absolute Gasteiger partial charge is 0.352 e. The molecule has 7 nitrogen and oxygen atoms in total. The number of rotatable bonds is 2. The number of carbonyl (C=O) groups excluding carboxylic acids is 1. The first-order valence-corrected chi connectivity index (χ1v) is 8.41. The molecule has 0 radical (unpaired) electrons. The van der Waals surface area contributed by atoms with Gasteiger partial charge in [0.1, 0.15) is 0 Å². The van der Waals surface area contributed by atoms with Crippen molar-refractivity contribution in [2.24, 2.45) is 0 Å². The molecule has 1 atom stereocenters. The number of aromatic nitrogens is 3. The fourth-order valence-corrected chi connectivity index (χ4v) is 3.07. The number of nitrogens with one attached hydrogen (secondary N) is 1. The number of urea groups is 1. The van der Waals surface area contributed by atoms with Crippen molar-refractivity contribution >= 4 is 11.7 Å². The molecule has 2 aromatic heterocycles. The summed E-state index contributed by atoms with van der Waals surface area (Å²) in [6.45, 7) is 1.95. The van der Waals surface area contributed by atoms with Crippen LogP contribution in [-0.4, -0.2) is 32.1 Å². The van der Waals surface area contributed by atoms with Gasteiger partial charge in [-0.05, 0) is 13.0 Å². The number of halogens is 3. The summed E-state index contributed by atoms with van der Waals surface area (Å²) >= 11 is 0. The minimum Gasteiger partial charge on any atom is -0.352 e. The van der Waals surface area contributed by atoms with Crippen molar-refractivity contribution in [3.05, 3.63) is 59.3 Å². The Balaban J connectivity index is 1.59. The highest BCUT2D eigenvalue weighted by Crippen LogP contribution is 2.31. The third kappa shape index (κ3) is 3.17. The van der Waals surface area contributed by atoms with E-state index in [9.17, 15) is 18.0 Å². The normalized spacial score (nSPS) is 16.0. The van der Waals surface area contributed by atoms with E-state index in [0.717, 1.165) is 12.1 Å². The Morgan fingerprint density at radius 3 is 2.57 bits per heavy atom. The second kappa shape index (κ2) is 6.95. The predicted octanol–water partition coefficient (Wildman–Crippen LogP) is 3.53. The number of fused-ring (bicyclic) bond motifs is 1. The molecule has 0 saturated heterocycles.